The molecule has 23 heavy (non-hydrogen) atoms. The van der Waals surface area contributed by atoms with Gasteiger partial charge in [0.2, 0.25) is 11.8 Å². The molecule has 0 fully saturated rings. The highest BCUT2D eigenvalue weighted by molar-refractivity contribution is 5.62. The van der Waals surface area contributed by atoms with Crippen molar-refractivity contribution >= 4 is 0 Å². The van der Waals surface area contributed by atoms with Crippen LogP contribution in [0.5, 0.6) is 0 Å². The molecule has 0 N–H and O–H groups in total. The summed E-state index contributed by atoms with van der Waals surface area (Å²) in [7, 11) is 0. The lowest BCUT2D eigenvalue weighted by Gasteiger charge is -2.18. The van der Waals surface area contributed by atoms with E-state index in [1.807, 2.05) is 12.1 Å². The summed E-state index contributed by atoms with van der Waals surface area (Å²) >= 11 is 0. The fourth-order valence-corrected chi connectivity index (χ4v) is 2.53. The van der Waals surface area contributed by atoms with E-state index in [2.05, 4.69) is 75.1 Å². The van der Waals surface area contributed by atoms with E-state index >= 15 is 0 Å². The summed E-state index contributed by atoms with van der Waals surface area (Å²) in [5.74, 6) is 1.13. The van der Waals surface area contributed by atoms with E-state index in [4.69, 9.17) is 4.42 Å². The van der Waals surface area contributed by atoms with Gasteiger partial charge in [-0.05, 0) is 48.6 Å². The average molecular weight is 306 g/mol. The Labute approximate surface area is 137 Å². The summed E-state index contributed by atoms with van der Waals surface area (Å²) in [5.41, 5.74) is 5.68. The van der Waals surface area contributed by atoms with Crippen molar-refractivity contribution in [1.82, 2.24) is 10.2 Å². The van der Waals surface area contributed by atoms with E-state index < -0.39 is 0 Å². The first-order chi connectivity index (χ1) is 10.8. The quantitative estimate of drug-likeness (QED) is 0.643. The summed E-state index contributed by atoms with van der Waals surface area (Å²) in [4.78, 5) is 0. The second-order valence-electron chi connectivity index (χ2n) is 7.06. The van der Waals surface area contributed by atoms with E-state index in [1.54, 1.807) is 0 Å². The van der Waals surface area contributed by atoms with Crippen LogP contribution in [0.1, 0.15) is 37.5 Å². The van der Waals surface area contributed by atoms with Crippen molar-refractivity contribution in [2.24, 2.45) is 0 Å². The van der Waals surface area contributed by atoms with Gasteiger partial charge in [-0.3, -0.25) is 0 Å². The highest BCUT2D eigenvalue weighted by Crippen LogP contribution is 2.29. The molecule has 0 atom stereocenters. The molecule has 2 aromatic carbocycles. The molecule has 0 saturated heterocycles. The molecular formula is C20H22N2O. The zero-order chi connectivity index (χ0) is 16.6. The van der Waals surface area contributed by atoms with E-state index in [0.29, 0.717) is 11.8 Å². The van der Waals surface area contributed by atoms with Gasteiger partial charge in [-0.25, -0.2) is 0 Å². The van der Waals surface area contributed by atoms with Crippen LogP contribution in [0, 0.1) is 13.8 Å². The monoisotopic (exact) mass is 306 g/mol. The minimum absolute atomic E-state index is 0.136. The van der Waals surface area contributed by atoms with Gasteiger partial charge in [-0.1, -0.05) is 50.6 Å². The number of aromatic nitrogens is 2. The molecule has 0 bridgehead atoms. The Morgan fingerprint density at radius 2 is 1.48 bits per heavy atom. The molecule has 0 aliphatic rings. The lowest BCUT2D eigenvalue weighted by atomic mass is 9.87. The Balaban J connectivity index is 1.94. The Hall–Kier alpha value is -2.42. The summed E-state index contributed by atoms with van der Waals surface area (Å²) in [6.45, 7) is 10.7. The third-order valence-electron chi connectivity index (χ3n) is 4.05. The molecule has 3 aromatic rings. The van der Waals surface area contributed by atoms with Gasteiger partial charge < -0.3 is 4.42 Å². The van der Waals surface area contributed by atoms with Crippen molar-refractivity contribution in [2.75, 3.05) is 0 Å². The van der Waals surface area contributed by atoms with Gasteiger partial charge >= 0.3 is 0 Å². The van der Waals surface area contributed by atoms with Gasteiger partial charge in [0.05, 0.1) is 0 Å². The van der Waals surface area contributed by atoms with Gasteiger partial charge in [0.15, 0.2) is 0 Å². The third-order valence-corrected chi connectivity index (χ3v) is 4.05. The molecule has 0 radical (unpaired) electrons. The first kappa shape index (κ1) is 15.5. The van der Waals surface area contributed by atoms with Crippen molar-refractivity contribution < 1.29 is 4.42 Å². The fourth-order valence-electron chi connectivity index (χ4n) is 2.53. The second kappa shape index (κ2) is 5.65. The molecule has 1 aromatic heterocycles. The molecule has 3 rings (SSSR count). The molecule has 0 aliphatic heterocycles. The molecule has 0 unspecified atom stereocenters. The zero-order valence-electron chi connectivity index (χ0n) is 14.3. The van der Waals surface area contributed by atoms with Crippen molar-refractivity contribution in [3.8, 4) is 22.9 Å². The third kappa shape index (κ3) is 3.19. The maximum Gasteiger partial charge on any atom is 0.248 e. The van der Waals surface area contributed by atoms with Crippen LogP contribution in [0.25, 0.3) is 22.9 Å². The molecule has 118 valence electrons. The highest BCUT2D eigenvalue weighted by Gasteiger charge is 2.15. The van der Waals surface area contributed by atoms with Gasteiger partial charge in [0.1, 0.15) is 0 Å². The van der Waals surface area contributed by atoms with Crippen molar-refractivity contribution in [2.45, 2.75) is 40.0 Å². The predicted octanol–water partition coefficient (Wildman–Crippen LogP) is 5.32. The maximum atomic E-state index is 5.89. The normalized spacial score (nSPS) is 11.7. The van der Waals surface area contributed by atoms with E-state index in [0.717, 1.165) is 16.7 Å². The lowest BCUT2D eigenvalue weighted by Crippen LogP contribution is -2.10. The van der Waals surface area contributed by atoms with Gasteiger partial charge in [-0.15, -0.1) is 10.2 Å². The minimum Gasteiger partial charge on any atom is -0.416 e. The number of benzene rings is 2. The Morgan fingerprint density at radius 1 is 0.826 bits per heavy atom. The first-order valence-corrected chi connectivity index (χ1v) is 7.86. The highest BCUT2D eigenvalue weighted by atomic mass is 16.4. The van der Waals surface area contributed by atoms with Crippen LogP contribution in [0.2, 0.25) is 0 Å². The number of hydrogen-bond donors (Lipinski definition) is 0. The van der Waals surface area contributed by atoms with Crippen LogP contribution in [-0.4, -0.2) is 10.2 Å². The Bertz CT molecular complexity index is 824. The van der Waals surface area contributed by atoms with Crippen LogP contribution in [0.3, 0.4) is 0 Å². The zero-order valence-corrected chi connectivity index (χ0v) is 14.3. The SMILES string of the molecule is Cc1ccc(C)c(-c2nnc(-c3ccc(C(C)(C)C)cc3)o2)c1. The summed E-state index contributed by atoms with van der Waals surface area (Å²) in [6.07, 6.45) is 0. The van der Waals surface area contributed by atoms with Crippen LogP contribution in [-0.2, 0) is 5.41 Å². The number of rotatable bonds is 2. The van der Waals surface area contributed by atoms with Crippen molar-refractivity contribution in [1.29, 1.82) is 0 Å². The molecule has 3 heteroatoms. The van der Waals surface area contributed by atoms with Crippen LogP contribution >= 0.6 is 0 Å². The minimum atomic E-state index is 0.136. The Morgan fingerprint density at radius 3 is 2.13 bits per heavy atom. The predicted molar refractivity (Wildman–Crippen MR) is 93.3 cm³/mol. The summed E-state index contributed by atoms with van der Waals surface area (Å²) in [5, 5.41) is 8.43. The fraction of sp³-hybridized carbons (Fsp3) is 0.300. The number of aryl methyl sites for hydroxylation is 2. The molecule has 3 nitrogen and oxygen atoms in total. The smallest absolute Gasteiger partial charge is 0.248 e. The van der Waals surface area contributed by atoms with E-state index in [9.17, 15) is 0 Å². The van der Waals surface area contributed by atoms with E-state index in [-0.39, 0.29) is 5.41 Å². The van der Waals surface area contributed by atoms with Gasteiger partial charge in [-0.2, -0.15) is 0 Å². The number of nitrogens with zero attached hydrogens (tertiary/aromatic N) is 2. The Kier molecular flexibility index (Phi) is 3.80. The molecule has 1 heterocycles. The largest absolute Gasteiger partial charge is 0.416 e. The topological polar surface area (TPSA) is 38.9 Å². The lowest BCUT2D eigenvalue weighted by molar-refractivity contribution is 0.581. The van der Waals surface area contributed by atoms with Crippen LogP contribution in [0.15, 0.2) is 46.9 Å². The second-order valence-corrected chi connectivity index (χ2v) is 7.06. The maximum absolute atomic E-state index is 5.89. The number of hydrogen-bond acceptors (Lipinski definition) is 3. The standard InChI is InChI=1S/C20H22N2O/c1-13-6-7-14(2)17(12-13)19-22-21-18(23-19)15-8-10-16(11-9-15)20(3,4)5/h6-12H,1-5H3. The first-order valence-electron chi connectivity index (χ1n) is 7.86. The van der Waals surface area contributed by atoms with Crippen LogP contribution in [0.4, 0.5) is 0 Å². The molecule has 0 spiro atoms. The molecule has 0 saturated carbocycles. The average Bonchev–Trinajstić information content (AvgIpc) is 2.99. The van der Waals surface area contributed by atoms with E-state index in [1.165, 1.54) is 11.1 Å². The van der Waals surface area contributed by atoms with Gasteiger partial charge in [0, 0.05) is 11.1 Å². The summed E-state index contributed by atoms with van der Waals surface area (Å²) in [6, 6.07) is 14.6. The van der Waals surface area contributed by atoms with Crippen molar-refractivity contribution in [3.05, 3.63) is 59.2 Å². The molecule has 0 aliphatic carbocycles. The summed E-state index contributed by atoms with van der Waals surface area (Å²) < 4.78 is 5.89. The molecule has 0 amide bonds. The molecular weight excluding hydrogens is 284 g/mol. The van der Waals surface area contributed by atoms with Crippen molar-refractivity contribution in [3.63, 3.8) is 0 Å². The van der Waals surface area contributed by atoms with Crippen LogP contribution < -0.4 is 0 Å². The van der Waals surface area contributed by atoms with Gasteiger partial charge in [0.25, 0.3) is 0 Å².